The van der Waals surface area contributed by atoms with Gasteiger partial charge in [0.25, 0.3) is 11.8 Å². The van der Waals surface area contributed by atoms with Crippen LogP contribution in [0, 0.1) is 0 Å². The fourth-order valence-electron chi connectivity index (χ4n) is 2.86. The van der Waals surface area contributed by atoms with Crippen molar-refractivity contribution in [1.82, 2.24) is 21.3 Å². The number of urea groups is 1. The Bertz CT molecular complexity index is 1230. The Balaban J connectivity index is 1.36. The topological polar surface area (TPSA) is 169 Å². The number of esters is 1. The molecule has 6 amide bonds. The van der Waals surface area contributed by atoms with Gasteiger partial charge in [-0.2, -0.15) is 0 Å². The Morgan fingerprint density at radius 3 is 2.19 bits per heavy atom. The smallest absolute Gasteiger partial charge is 0.407 e. The predicted molar refractivity (Wildman–Crippen MR) is 129 cm³/mol. The number of hydrogen-bond donors (Lipinski definition) is 4. The summed E-state index contributed by atoms with van der Waals surface area (Å²) in [5.74, 6) is -2.70. The van der Waals surface area contributed by atoms with E-state index in [0.29, 0.717) is 5.56 Å². The molecule has 4 N–H and O–H groups in total. The number of alkyl carbamates (subject to hydrolysis) is 1. The maximum absolute atomic E-state index is 12.0. The number of carbonyl (C=O) groups excluding carboxylic acids is 6. The number of rotatable bonds is 9. The van der Waals surface area contributed by atoms with Gasteiger partial charge in [0.05, 0.1) is 0 Å². The van der Waals surface area contributed by atoms with Crippen molar-refractivity contribution in [2.24, 2.45) is 0 Å². The summed E-state index contributed by atoms with van der Waals surface area (Å²) in [7, 11) is 0. The molecule has 12 nitrogen and oxygen atoms in total. The van der Waals surface area contributed by atoms with Crippen LogP contribution in [-0.4, -0.2) is 48.9 Å². The zero-order valence-corrected chi connectivity index (χ0v) is 19.3. The summed E-state index contributed by atoms with van der Waals surface area (Å²) in [6, 6.07) is 14.4. The lowest BCUT2D eigenvalue weighted by molar-refractivity contribution is -0.135. The highest BCUT2D eigenvalue weighted by Gasteiger charge is 2.26. The van der Waals surface area contributed by atoms with Crippen molar-refractivity contribution in [2.75, 3.05) is 13.1 Å². The first-order valence-electron chi connectivity index (χ1n) is 10.9. The second kappa shape index (κ2) is 13.0. The molecule has 1 fully saturated rings. The molecule has 1 aliphatic heterocycles. The van der Waals surface area contributed by atoms with Gasteiger partial charge in [-0.05, 0) is 29.3 Å². The van der Waals surface area contributed by atoms with E-state index in [1.165, 1.54) is 24.3 Å². The number of barbiturate groups is 1. The molecule has 1 saturated heterocycles. The average Bonchev–Trinajstić information content (AvgIpc) is 2.88. The van der Waals surface area contributed by atoms with Crippen molar-refractivity contribution in [3.05, 3.63) is 83.4 Å². The number of nitrogens with one attached hydrogen (secondary N) is 4. The van der Waals surface area contributed by atoms with Gasteiger partial charge in [0.2, 0.25) is 5.91 Å². The molecule has 2 aromatic rings. The van der Waals surface area contributed by atoms with Crippen LogP contribution in [-0.2, 0) is 30.5 Å². The molecule has 0 atom stereocenters. The van der Waals surface area contributed by atoms with Gasteiger partial charge < -0.3 is 20.1 Å². The Morgan fingerprint density at radius 1 is 0.838 bits per heavy atom. The molecule has 0 radical (unpaired) electrons. The molecule has 3 rings (SSSR count). The summed E-state index contributed by atoms with van der Waals surface area (Å²) in [6.07, 6.45) is 3.53. The first-order chi connectivity index (χ1) is 17.8. The molecule has 37 heavy (non-hydrogen) atoms. The average molecular weight is 506 g/mol. The Morgan fingerprint density at radius 2 is 1.51 bits per heavy atom. The maximum atomic E-state index is 12.0. The van der Waals surface area contributed by atoms with Crippen molar-refractivity contribution >= 4 is 41.9 Å². The summed E-state index contributed by atoms with van der Waals surface area (Å²) in [6.45, 7) is -0.734. The summed E-state index contributed by atoms with van der Waals surface area (Å²) < 4.78 is 10.1. The number of imide groups is 2. The lowest BCUT2D eigenvalue weighted by atomic mass is 10.1. The van der Waals surface area contributed by atoms with Crippen molar-refractivity contribution in [1.29, 1.82) is 0 Å². The summed E-state index contributed by atoms with van der Waals surface area (Å²) in [4.78, 5) is 69.8. The van der Waals surface area contributed by atoms with Crippen molar-refractivity contribution < 1.29 is 38.2 Å². The Hall–Kier alpha value is -5.26. The van der Waals surface area contributed by atoms with Crippen LogP contribution >= 0.6 is 0 Å². The zero-order chi connectivity index (χ0) is 26.6. The number of carbonyl (C=O) groups is 6. The standard InChI is InChI=1S/C25H22N4O8/c30-20(13-27-25(35)36-15-17-5-2-1-3-6-17)26-14-21(31)37-18-11-9-16(10-12-18)7-4-8-19-22(32)28-24(34)29-23(19)33/h1-12H,13-15H2,(H,26,30)(H,27,35)(H2,28,29,32,33,34)/b7-4+. The SMILES string of the molecule is O=C(CNC(=O)OCc1ccccc1)NCC(=O)Oc1ccc(/C=C/C=C2C(=O)NC(=O)NC2=O)cc1. The molecular formula is C25H22N4O8. The van der Waals surface area contributed by atoms with Gasteiger partial charge in [-0.15, -0.1) is 0 Å². The minimum atomic E-state index is -0.878. The Kier molecular flexibility index (Phi) is 9.25. The molecule has 0 aromatic heterocycles. The summed E-state index contributed by atoms with van der Waals surface area (Å²) in [5, 5.41) is 8.53. The molecule has 190 valence electrons. The van der Waals surface area contributed by atoms with Crippen LogP contribution in [0.5, 0.6) is 5.75 Å². The van der Waals surface area contributed by atoms with E-state index < -0.39 is 42.4 Å². The molecule has 1 aliphatic rings. The molecule has 2 aromatic carbocycles. The van der Waals surface area contributed by atoms with Gasteiger partial charge in [0, 0.05) is 0 Å². The van der Waals surface area contributed by atoms with Crippen LogP contribution < -0.4 is 26.0 Å². The third-order valence-corrected chi connectivity index (χ3v) is 4.64. The van der Waals surface area contributed by atoms with Crippen LogP contribution in [0.15, 0.2) is 72.3 Å². The molecule has 0 bridgehead atoms. The van der Waals surface area contributed by atoms with E-state index in [2.05, 4.69) is 10.6 Å². The van der Waals surface area contributed by atoms with Gasteiger partial charge >= 0.3 is 18.1 Å². The summed E-state index contributed by atoms with van der Waals surface area (Å²) >= 11 is 0. The van der Waals surface area contributed by atoms with E-state index >= 15 is 0 Å². The van der Waals surface area contributed by atoms with Gasteiger partial charge in [-0.25, -0.2) is 14.4 Å². The predicted octanol–water partition coefficient (Wildman–Crippen LogP) is 0.940. The fraction of sp³-hybridized carbons (Fsp3) is 0.120. The van der Waals surface area contributed by atoms with Gasteiger partial charge in [0.1, 0.15) is 31.0 Å². The molecule has 0 aliphatic carbocycles. The van der Waals surface area contributed by atoms with E-state index in [1.807, 2.05) is 16.7 Å². The van der Waals surface area contributed by atoms with Crippen LogP contribution in [0.2, 0.25) is 0 Å². The number of ether oxygens (including phenoxy) is 2. The number of benzene rings is 2. The van der Waals surface area contributed by atoms with Crippen LogP contribution in [0.4, 0.5) is 9.59 Å². The van der Waals surface area contributed by atoms with Crippen LogP contribution in [0.3, 0.4) is 0 Å². The maximum Gasteiger partial charge on any atom is 0.407 e. The first kappa shape index (κ1) is 26.3. The minimum absolute atomic E-state index is 0.0589. The molecular weight excluding hydrogens is 484 g/mol. The van der Waals surface area contributed by atoms with E-state index in [-0.39, 0.29) is 24.5 Å². The van der Waals surface area contributed by atoms with Crippen molar-refractivity contribution in [2.45, 2.75) is 6.61 Å². The molecule has 1 heterocycles. The molecule has 12 heteroatoms. The van der Waals surface area contributed by atoms with E-state index in [1.54, 1.807) is 42.5 Å². The third kappa shape index (κ3) is 8.79. The van der Waals surface area contributed by atoms with Gasteiger partial charge in [0.15, 0.2) is 0 Å². The third-order valence-electron chi connectivity index (χ3n) is 4.64. The monoisotopic (exact) mass is 506 g/mol. The zero-order valence-electron chi connectivity index (χ0n) is 19.3. The van der Waals surface area contributed by atoms with Crippen molar-refractivity contribution in [3.8, 4) is 5.75 Å². The lowest BCUT2D eigenvalue weighted by Crippen LogP contribution is -2.51. The molecule has 0 spiro atoms. The largest absolute Gasteiger partial charge is 0.445 e. The van der Waals surface area contributed by atoms with E-state index in [4.69, 9.17) is 9.47 Å². The number of allylic oxidation sites excluding steroid dienone is 2. The van der Waals surface area contributed by atoms with E-state index in [0.717, 1.165) is 5.56 Å². The van der Waals surface area contributed by atoms with Crippen LogP contribution in [0.1, 0.15) is 11.1 Å². The quantitative estimate of drug-likeness (QED) is 0.169. The highest BCUT2D eigenvalue weighted by Crippen LogP contribution is 2.14. The molecule has 0 unspecified atom stereocenters. The highest BCUT2D eigenvalue weighted by atomic mass is 16.5. The second-order valence-corrected chi connectivity index (χ2v) is 7.41. The first-order valence-corrected chi connectivity index (χ1v) is 10.9. The van der Waals surface area contributed by atoms with Crippen LogP contribution in [0.25, 0.3) is 6.08 Å². The Labute approximate surface area is 210 Å². The van der Waals surface area contributed by atoms with Gasteiger partial charge in [-0.3, -0.25) is 25.0 Å². The second-order valence-electron chi connectivity index (χ2n) is 7.41. The summed E-state index contributed by atoms with van der Waals surface area (Å²) in [5.41, 5.74) is 1.25. The number of amides is 6. The fourth-order valence-corrected chi connectivity index (χ4v) is 2.86. The number of hydrogen-bond acceptors (Lipinski definition) is 8. The lowest BCUT2D eigenvalue weighted by Gasteiger charge is -2.12. The van der Waals surface area contributed by atoms with E-state index in [9.17, 15) is 28.8 Å². The highest BCUT2D eigenvalue weighted by molar-refractivity contribution is 6.29. The molecule has 0 saturated carbocycles. The van der Waals surface area contributed by atoms with Crippen molar-refractivity contribution in [3.63, 3.8) is 0 Å². The minimum Gasteiger partial charge on any atom is -0.445 e. The van der Waals surface area contributed by atoms with Gasteiger partial charge in [-0.1, -0.05) is 54.6 Å². The normalized spacial score (nSPS) is 12.9.